The first-order chi connectivity index (χ1) is 15.3. The summed E-state index contributed by atoms with van der Waals surface area (Å²) in [7, 11) is 0. The maximum Gasteiger partial charge on any atom is 0.143 e. The number of aromatic nitrogens is 3. The number of rotatable bonds is 6. The fourth-order valence-corrected chi connectivity index (χ4v) is 4.16. The maximum absolute atomic E-state index is 4.51. The average Bonchev–Trinajstić information content (AvgIpc) is 3.26. The zero-order valence-corrected chi connectivity index (χ0v) is 17.8. The van der Waals surface area contributed by atoms with E-state index in [0.717, 1.165) is 60.8 Å². The van der Waals surface area contributed by atoms with E-state index in [1.54, 1.807) is 6.33 Å². The summed E-state index contributed by atoms with van der Waals surface area (Å²) in [4.78, 5) is 14.9. The van der Waals surface area contributed by atoms with Crippen LogP contribution in [0.15, 0.2) is 67.0 Å². The molecule has 6 heteroatoms. The van der Waals surface area contributed by atoms with E-state index in [0.29, 0.717) is 0 Å². The van der Waals surface area contributed by atoms with Crippen LogP contribution in [0.3, 0.4) is 0 Å². The quantitative estimate of drug-likeness (QED) is 0.443. The third kappa shape index (κ3) is 4.45. The first-order valence-electron chi connectivity index (χ1n) is 10.9. The van der Waals surface area contributed by atoms with E-state index in [1.165, 1.54) is 11.1 Å². The molecule has 6 nitrogen and oxygen atoms in total. The van der Waals surface area contributed by atoms with E-state index in [9.17, 15) is 0 Å². The van der Waals surface area contributed by atoms with Gasteiger partial charge in [-0.25, -0.2) is 9.97 Å². The highest BCUT2D eigenvalue weighted by Gasteiger charge is 2.13. The molecule has 1 fully saturated rings. The van der Waals surface area contributed by atoms with E-state index in [4.69, 9.17) is 0 Å². The minimum atomic E-state index is 0.155. The van der Waals surface area contributed by atoms with Crippen molar-refractivity contribution in [3.05, 3.63) is 78.1 Å². The van der Waals surface area contributed by atoms with Crippen molar-refractivity contribution in [3.8, 4) is 11.3 Å². The molecule has 0 radical (unpaired) electrons. The molecule has 3 heterocycles. The first kappa shape index (κ1) is 19.7. The Morgan fingerprint density at radius 3 is 2.55 bits per heavy atom. The van der Waals surface area contributed by atoms with Crippen LogP contribution in [0.1, 0.15) is 24.1 Å². The molecule has 0 amide bonds. The topological polar surface area (TPSA) is 68.9 Å². The van der Waals surface area contributed by atoms with Crippen LogP contribution in [0.5, 0.6) is 0 Å². The van der Waals surface area contributed by atoms with Crippen molar-refractivity contribution in [2.75, 3.05) is 31.5 Å². The van der Waals surface area contributed by atoms with Crippen molar-refractivity contribution < 1.29 is 0 Å². The van der Waals surface area contributed by atoms with E-state index < -0.39 is 0 Å². The molecule has 1 aliphatic rings. The Balaban J connectivity index is 1.35. The lowest BCUT2D eigenvalue weighted by Crippen LogP contribution is -2.42. The smallest absolute Gasteiger partial charge is 0.143 e. The van der Waals surface area contributed by atoms with Gasteiger partial charge in [0.1, 0.15) is 17.8 Å². The van der Waals surface area contributed by atoms with E-state index >= 15 is 0 Å². The summed E-state index contributed by atoms with van der Waals surface area (Å²) in [6.07, 6.45) is 1.61. The van der Waals surface area contributed by atoms with Gasteiger partial charge in [0.2, 0.25) is 0 Å². The summed E-state index contributed by atoms with van der Waals surface area (Å²) in [5.41, 5.74) is 5.63. The summed E-state index contributed by atoms with van der Waals surface area (Å²) in [6, 6.07) is 21.5. The lowest BCUT2D eigenvalue weighted by Gasteiger charge is -2.27. The van der Waals surface area contributed by atoms with Gasteiger partial charge in [0.15, 0.2) is 0 Å². The SMILES string of the molecule is C[C@@H](Nc1ncnc2[nH]c(-c3ccc(CN4CCNCC4)cc3)cc12)c1ccccc1. The number of hydrogen-bond donors (Lipinski definition) is 3. The molecule has 0 spiro atoms. The molecule has 2 aromatic carbocycles. The van der Waals surface area contributed by atoms with Crippen molar-refractivity contribution in [1.82, 2.24) is 25.2 Å². The van der Waals surface area contributed by atoms with Crippen LogP contribution >= 0.6 is 0 Å². The van der Waals surface area contributed by atoms with Gasteiger partial charge in [-0.2, -0.15) is 0 Å². The standard InChI is InChI=1S/C25H28N6/c1-18(20-5-3-2-4-6-20)29-24-22-15-23(30-25(22)28-17-27-24)21-9-7-19(8-10-21)16-31-13-11-26-12-14-31/h2-10,15,17-18,26H,11-14,16H2,1H3,(H2,27,28,29,30)/t18-/m1/s1. The van der Waals surface area contributed by atoms with Gasteiger partial charge in [-0.05, 0) is 29.7 Å². The van der Waals surface area contributed by atoms with E-state index in [1.807, 2.05) is 6.07 Å². The zero-order valence-electron chi connectivity index (χ0n) is 17.8. The number of anilines is 1. The van der Waals surface area contributed by atoms with Crippen LogP contribution in [0, 0.1) is 0 Å². The molecule has 5 rings (SSSR count). The molecule has 0 unspecified atom stereocenters. The number of fused-ring (bicyclic) bond motifs is 1. The molecule has 1 aliphatic heterocycles. The van der Waals surface area contributed by atoms with Crippen molar-refractivity contribution in [1.29, 1.82) is 0 Å². The minimum absolute atomic E-state index is 0.155. The third-order valence-corrected chi connectivity index (χ3v) is 5.96. The lowest BCUT2D eigenvalue weighted by atomic mass is 10.1. The predicted octanol–water partition coefficient (Wildman–Crippen LogP) is 4.20. The maximum atomic E-state index is 4.51. The van der Waals surface area contributed by atoms with E-state index in [2.05, 4.69) is 92.0 Å². The Morgan fingerprint density at radius 2 is 1.77 bits per heavy atom. The zero-order chi connectivity index (χ0) is 21.0. The molecular formula is C25H28N6. The second kappa shape index (κ2) is 8.88. The molecule has 1 saturated heterocycles. The van der Waals surface area contributed by atoms with Gasteiger partial charge in [0, 0.05) is 44.5 Å². The summed E-state index contributed by atoms with van der Waals surface area (Å²) < 4.78 is 0. The molecule has 3 N–H and O–H groups in total. The van der Waals surface area contributed by atoms with Gasteiger partial charge in [-0.3, -0.25) is 4.90 Å². The van der Waals surface area contributed by atoms with Crippen LogP contribution in [-0.4, -0.2) is 46.0 Å². The molecule has 31 heavy (non-hydrogen) atoms. The van der Waals surface area contributed by atoms with Crippen LogP contribution in [0.4, 0.5) is 5.82 Å². The Bertz CT molecular complexity index is 1130. The van der Waals surface area contributed by atoms with Gasteiger partial charge in [0.05, 0.1) is 5.39 Å². The monoisotopic (exact) mass is 412 g/mol. The van der Waals surface area contributed by atoms with Crippen molar-refractivity contribution in [2.24, 2.45) is 0 Å². The summed E-state index contributed by atoms with van der Waals surface area (Å²) in [5, 5.41) is 7.95. The van der Waals surface area contributed by atoms with Crippen molar-refractivity contribution >= 4 is 16.9 Å². The summed E-state index contributed by atoms with van der Waals surface area (Å²) in [5.74, 6) is 0.846. The fraction of sp³-hybridized carbons (Fsp3) is 0.280. The third-order valence-electron chi connectivity index (χ3n) is 5.96. The molecule has 4 aromatic rings. The first-order valence-corrected chi connectivity index (χ1v) is 10.9. The molecule has 158 valence electrons. The number of nitrogens with zero attached hydrogens (tertiary/aromatic N) is 3. The number of nitrogens with one attached hydrogen (secondary N) is 3. The largest absolute Gasteiger partial charge is 0.363 e. The summed E-state index contributed by atoms with van der Waals surface area (Å²) >= 11 is 0. The molecule has 0 bridgehead atoms. The van der Waals surface area contributed by atoms with Gasteiger partial charge in [0.25, 0.3) is 0 Å². The lowest BCUT2D eigenvalue weighted by molar-refractivity contribution is 0.233. The van der Waals surface area contributed by atoms with Crippen LogP contribution in [-0.2, 0) is 6.54 Å². The Morgan fingerprint density at radius 1 is 1.00 bits per heavy atom. The van der Waals surface area contributed by atoms with Crippen LogP contribution < -0.4 is 10.6 Å². The van der Waals surface area contributed by atoms with Crippen molar-refractivity contribution in [2.45, 2.75) is 19.5 Å². The van der Waals surface area contributed by atoms with Gasteiger partial charge >= 0.3 is 0 Å². The highest BCUT2D eigenvalue weighted by Crippen LogP contribution is 2.29. The Labute approximate surface area is 182 Å². The highest BCUT2D eigenvalue weighted by atomic mass is 15.2. The Hall–Kier alpha value is -3.22. The number of benzene rings is 2. The highest BCUT2D eigenvalue weighted by molar-refractivity contribution is 5.91. The summed E-state index contributed by atoms with van der Waals surface area (Å²) in [6.45, 7) is 7.53. The molecule has 0 saturated carbocycles. The molecule has 0 aliphatic carbocycles. The number of piperazine rings is 1. The predicted molar refractivity (Wildman–Crippen MR) is 126 cm³/mol. The molecular weight excluding hydrogens is 384 g/mol. The van der Waals surface area contributed by atoms with Gasteiger partial charge < -0.3 is 15.6 Å². The average molecular weight is 413 g/mol. The Kier molecular flexibility index (Phi) is 5.65. The van der Waals surface area contributed by atoms with Crippen LogP contribution in [0.25, 0.3) is 22.3 Å². The molecule has 1 atom stereocenters. The fourth-order valence-electron chi connectivity index (χ4n) is 4.16. The van der Waals surface area contributed by atoms with E-state index in [-0.39, 0.29) is 6.04 Å². The normalized spacial score (nSPS) is 15.8. The van der Waals surface area contributed by atoms with Crippen molar-refractivity contribution in [3.63, 3.8) is 0 Å². The van der Waals surface area contributed by atoms with Gasteiger partial charge in [-0.1, -0.05) is 54.6 Å². The second-order valence-corrected chi connectivity index (χ2v) is 8.17. The number of H-pyrrole nitrogens is 1. The second-order valence-electron chi connectivity index (χ2n) is 8.17. The number of aromatic amines is 1. The molecule has 2 aromatic heterocycles. The van der Waals surface area contributed by atoms with Gasteiger partial charge in [-0.15, -0.1) is 0 Å². The number of hydrogen-bond acceptors (Lipinski definition) is 5. The minimum Gasteiger partial charge on any atom is -0.363 e. The van der Waals surface area contributed by atoms with Crippen LogP contribution in [0.2, 0.25) is 0 Å².